The molecule has 0 aromatic heterocycles. The predicted molar refractivity (Wildman–Crippen MR) is 260 cm³/mol. The molecule has 0 N–H and O–H groups in total. The Hall–Kier alpha value is -2.47. The molecular formula is C63H75ErO3. The first-order valence-electron chi connectivity index (χ1n) is 27.2. The van der Waals surface area contributed by atoms with E-state index in [0.717, 1.165) is 86.6 Å². The number of hydrogen-bond acceptors (Lipinski definition) is 3. The van der Waals surface area contributed by atoms with Crippen molar-refractivity contribution in [2.45, 2.75) is 193 Å². The SMILES string of the molecule is Cc1cc(Cc2c(C)c(Cc3cc(C)cc(C45CC6CC(CC(C6)C4)C5)c3[O-])c(C)c(Cc3cc(C)cc(C45CC6CC(CC(C6)C4)C5)c3[O-])c2C)c([O-])c(C23CC4CC(CC(C4)C2)C3)c1.[Er+3]. The molecule has 12 bridgehead atoms. The van der Waals surface area contributed by atoms with Gasteiger partial charge in [0, 0.05) is 0 Å². The number of aryl methyl sites for hydroxylation is 3. The van der Waals surface area contributed by atoms with Crippen molar-refractivity contribution in [3.63, 3.8) is 0 Å². The maximum Gasteiger partial charge on any atom is 3.00 e. The van der Waals surface area contributed by atoms with Crippen molar-refractivity contribution in [3.05, 3.63) is 120 Å². The van der Waals surface area contributed by atoms with E-state index in [1.54, 1.807) is 0 Å². The van der Waals surface area contributed by atoms with Gasteiger partial charge in [-0.1, -0.05) is 69.8 Å². The van der Waals surface area contributed by atoms with Gasteiger partial charge in [0.25, 0.3) is 0 Å². The second kappa shape index (κ2) is 16.3. The number of benzene rings is 4. The van der Waals surface area contributed by atoms with Gasteiger partial charge < -0.3 is 15.3 Å². The quantitative estimate of drug-likeness (QED) is 0.168. The van der Waals surface area contributed by atoms with E-state index in [-0.39, 0.29) is 70.8 Å². The molecule has 12 aliphatic rings. The van der Waals surface area contributed by atoms with Gasteiger partial charge >= 0.3 is 37.3 Å². The average Bonchev–Trinajstić information content (AvgIpc) is 3.24. The van der Waals surface area contributed by atoms with Crippen LogP contribution in [0.4, 0.5) is 0 Å². The molecule has 4 aromatic rings. The van der Waals surface area contributed by atoms with Crippen LogP contribution in [-0.4, -0.2) is 0 Å². The summed E-state index contributed by atoms with van der Waals surface area (Å²) in [6.07, 6.45) is 24.7. The summed E-state index contributed by atoms with van der Waals surface area (Å²) in [5.41, 5.74) is 17.2. The molecule has 0 amide bonds. The van der Waals surface area contributed by atoms with Crippen LogP contribution in [0.1, 0.15) is 199 Å². The third kappa shape index (κ3) is 7.38. The zero-order valence-electron chi connectivity index (χ0n) is 41.5. The van der Waals surface area contributed by atoms with E-state index in [0.29, 0.717) is 19.3 Å². The Kier molecular flexibility index (Phi) is 11.1. The molecule has 12 fully saturated rings. The molecule has 0 spiro atoms. The van der Waals surface area contributed by atoms with Crippen LogP contribution in [0.15, 0.2) is 36.4 Å². The summed E-state index contributed by atoms with van der Waals surface area (Å²) in [4.78, 5) is 0. The molecule has 0 saturated heterocycles. The van der Waals surface area contributed by atoms with Crippen LogP contribution in [-0.2, 0) is 35.5 Å². The molecule has 1 radical (unpaired) electrons. The molecule has 0 heterocycles. The summed E-state index contributed by atoms with van der Waals surface area (Å²) >= 11 is 0. The van der Waals surface area contributed by atoms with Gasteiger partial charge in [-0.3, -0.25) is 0 Å². The zero-order valence-corrected chi connectivity index (χ0v) is 43.4. The second-order valence-corrected chi connectivity index (χ2v) is 26.3. The first kappa shape index (κ1) is 45.7. The minimum absolute atomic E-state index is 0. The van der Waals surface area contributed by atoms with Crippen molar-refractivity contribution in [2.75, 3.05) is 0 Å². The van der Waals surface area contributed by atoms with E-state index in [1.807, 2.05) is 0 Å². The fraction of sp³-hybridized carbons (Fsp3) is 0.619. The topological polar surface area (TPSA) is 69.2 Å². The third-order valence-electron chi connectivity index (χ3n) is 21.6. The van der Waals surface area contributed by atoms with Crippen molar-refractivity contribution in [1.82, 2.24) is 0 Å². The molecule has 67 heavy (non-hydrogen) atoms. The molecule has 3 nitrogen and oxygen atoms in total. The maximum absolute atomic E-state index is 15.2. The van der Waals surface area contributed by atoms with E-state index in [1.165, 1.54) is 166 Å². The summed E-state index contributed by atoms with van der Waals surface area (Å²) in [5, 5.41) is 45.5. The molecule has 16 rings (SSSR count). The first-order chi connectivity index (χ1) is 31.6. The van der Waals surface area contributed by atoms with E-state index < -0.39 is 0 Å². The third-order valence-corrected chi connectivity index (χ3v) is 21.6. The summed E-state index contributed by atoms with van der Waals surface area (Å²) in [6.45, 7) is 13.5. The predicted octanol–water partition coefficient (Wildman–Crippen LogP) is 12.9. The fourth-order valence-corrected chi connectivity index (χ4v) is 20.2. The van der Waals surface area contributed by atoms with Crippen LogP contribution in [0.3, 0.4) is 0 Å². The average molecular weight is 1050 g/mol. The van der Waals surface area contributed by atoms with Crippen LogP contribution in [0.5, 0.6) is 17.2 Å². The minimum atomic E-state index is 0. The van der Waals surface area contributed by atoms with Gasteiger partial charge in [-0.15, -0.1) is 17.2 Å². The van der Waals surface area contributed by atoms with Crippen LogP contribution < -0.4 is 15.3 Å². The van der Waals surface area contributed by atoms with Crippen molar-refractivity contribution in [1.29, 1.82) is 0 Å². The van der Waals surface area contributed by atoms with E-state index in [9.17, 15) is 0 Å². The van der Waals surface area contributed by atoms with Gasteiger partial charge in [0.05, 0.1) is 0 Å². The number of hydrogen-bond donors (Lipinski definition) is 0. The summed E-state index contributed by atoms with van der Waals surface area (Å²) in [6, 6.07) is 13.5. The molecule has 4 heteroatoms. The Labute approximate surface area is 432 Å². The molecule has 0 unspecified atom stereocenters. The van der Waals surface area contributed by atoms with Gasteiger partial charge in [-0.2, -0.15) is 0 Å². The maximum atomic E-state index is 15.2. The monoisotopic (exact) mass is 1050 g/mol. The van der Waals surface area contributed by atoms with Gasteiger partial charge in [-0.25, -0.2) is 0 Å². The van der Waals surface area contributed by atoms with E-state index in [2.05, 4.69) is 77.9 Å². The van der Waals surface area contributed by atoms with Gasteiger partial charge in [0.2, 0.25) is 0 Å². The van der Waals surface area contributed by atoms with Gasteiger partial charge in [0.15, 0.2) is 0 Å². The van der Waals surface area contributed by atoms with Crippen molar-refractivity contribution < 1.29 is 52.6 Å². The van der Waals surface area contributed by atoms with Crippen molar-refractivity contribution in [3.8, 4) is 17.2 Å². The van der Waals surface area contributed by atoms with Crippen molar-refractivity contribution in [2.24, 2.45) is 53.3 Å². The van der Waals surface area contributed by atoms with Gasteiger partial charge in [0.1, 0.15) is 0 Å². The summed E-state index contributed by atoms with van der Waals surface area (Å²) < 4.78 is 0. The van der Waals surface area contributed by atoms with E-state index in [4.69, 9.17) is 0 Å². The van der Waals surface area contributed by atoms with Gasteiger partial charge in [-0.05, 0) is 296 Å². The molecule has 357 valence electrons. The Bertz CT molecular complexity index is 2270. The molecule has 12 saturated carbocycles. The number of rotatable bonds is 9. The van der Waals surface area contributed by atoms with Crippen LogP contribution >= 0.6 is 0 Å². The Morgan fingerprint density at radius 3 is 0.731 bits per heavy atom. The molecule has 4 aromatic carbocycles. The van der Waals surface area contributed by atoms with Crippen molar-refractivity contribution >= 4 is 0 Å². The minimum Gasteiger partial charge on any atom is -0.872 e. The molecule has 0 aliphatic heterocycles. The first-order valence-corrected chi connectivity index (χ1v) is 27.2. The second-order valence-electron chi connectivity index (χ2n) is 26.3. The Balaban J connectivity index is 0.00000468. The zero-order chi connectivity index (χ0) is 45.2. The summed E-state index contributed by atoms with van der Waals surface area (Å²) in [5.74, 6) is 7.84. The molecular weight excluding hydrogens is 972 g/mol. The molecule has 0 atom stereocenters. The fourth-order valence-electron chi connectivity index (χ4n) is 20.2. The smallest absolute Gasteiger partial charge is 0.872 e. The van der Waals surface area contributed by atoms with Crippen LogP contribution in [0.25, 0.3) is 0 Å². The van der Waals surface area contributed by atoms with Crippen LogP contribution in [0, 0.1) is 132 Å². The van der Waals surface area contributed by atoms with E-state index >= 15 is 15.3 Å². The normalized spacial score (nSPS) is 36.0. The Morgan fingerprint density at radius 2 is 0.537 bits per heavy atom. The summed E-state index contributed by atoms with van der Waals surface area (Å²) in [7, 11) is 0. The standard InChI is InChI=1S/C63H78O3.Er/c1-34-7-49(58(64)55(10-34)61-25-40-13-41(26-61)15-42(14-40)27-61)22-52-37(4)53(23-50-8-35(2)11-56(59(50)65)62-28-43-16-44(29-62)18-45(17-43)30-62)39(6)54(38(52)5)24-51-9-36(3)12-57(60(51)66)63-31-46-19-47(32-63)21-48(20-46)33-63;/h7-12,40-48,64-66H,13-33H2,1-6H3;/q;+3/p-3. The largest absolute Gasteiger partial charge is 3.00 e. The Morgan fingerprint density at radius 1 is 0.343 bits per heavy atom. The van der Waals surface area contributed by atoms with Crippen LogP contribution in [0.2, 0.25) is 0 Å². The molecule has 12 aliphatic carbocycles.